The van der Waals surface area contributed by atoms with Crippen molar-refractivity contribution in [1.82, 2.24) is 9.97 Å². The van der Waals surface area contributed by atoms with Gasteiger partial charge in [-0.3, -0.25) is 4.79 Å². The monoisotopic (exact) mass is 383 g/mol. The number of nitrogens with zero attached hydrogens (tertiary/aromatic N) is 2. The molecule has 4 nitrogen and oxygen atoms in total. The third-order valence-electron chi connectivity index (χ3n) is 4.85. The molecule has 3 aromatic rings. The number of hydrogen-bond donors (Lipinski definition) is 1. The topological polar surface area (TPSA) is 54.9 Å². The average Bonchev–Trinajstić information content (AvgIpc) is 3.19. The van der Waals surface area contributed by atoms with Crippen LogP contribution in [-0.4, -0.2) is 21.1 Å². The highest BCUT2D eigenvalue weighted by atomic mass is 32.2. The van der Waals surface area contributed by atoms with E-state index in [2.05, 4.69) is 15.3 Å². The first-order valence-electron chi connectivity index (χ1n) is 8.83. The largest absolute Gasteiger partial charge is 0.325 e. The van der Waals surface area contributed by atoms with Gasteiger partial charge in [0.05, 0.1) is 5.25 Å². The van der Waals surface area contributed by atoms with Crippen LogP contribution in [0.5, 0.6) is 0 Å². The minimum absolute atomic E-state index is 0.00559. The first kappa shape index (κ1) is 17.5. The number of nitrogens with one attached hydrogen (secondary N) is 1. The minimum atomic E-state index is -0.232. The number of anilines is 1. The van der Waals surface area contributed by atoms with Crippen LogP contribution in [0.1, 0.15) is 34.9 Å². The molecule has 6 heteroatoms. The van der Waals surface area contributed by atoms with Gasteiger partial charge < -0.3 is 5.32 Å². The highest BCUT2D eigenvalue weighted by Gasteiger charge is 2.24. The molecule has 0 unspecified atom stereocenters. The highest BCUT2D eigenvalue weighted by molar-refractivity contribution is 8.00. The Morgan fingerprint density at radius 2 is 2.00 bits per heavy atom. The van der Waals surface area contributed by atoms with Gasteiger partial charge in [0.15, 0.2) is 0 Å². The fourth-order valence-corrected chi connectivity index (χ4v) is 5.69. The lowest BCUT2D eigenvalue weighted by atomic mass is 10.1. The summed E-state index contributed by atoms with van der Waals surface area (Å²) in [5.74, 6) is 0.00559. The number of aryl methyl sites for hydroxylation is 4. The summed E-state index contributed by atoms with van der Waals surface area (Å²) in [5, 5.41) is 4.96. The number of benzene rings is 1. The van der Waals surface area contributed by atoms with Crippen molar-refractivity contribution in [3.63, 3.8) is 0 Å². The SMILES string of the molecule is Cc1cccc(C)c1NC(=O)[C@H](C)Sc1ncnc2sc3c(c12)CCC3. The fraction of sp³-hybridized carbons (Fsp3) is 0.350. The first-order valence-corrected chi connectivity index (χ1v) is 10.5. The van der Waals surface area contributed by atoms with E-state index in [0.29, 0.717) is 0 Å². The Morgan fingerprint density at radius 3 is 2.77 bits per heavy atom. The van der Waals surface area contributed by atoms with Crippen molar-refractivity contribution in [1.29, 1.82) is 0 Å². The van der Waals surface area contributed by atoms with Crippen LogP contribution in [0.3, 0.4) is 0 Å². The minimum Gasteiger partial charge on any atom is -0.325 e. The van der Waals surface area contributed by atoms with Crippen LogP contribution in [0.15, 0.2) is 29.6 Å². The van der Waals surface area contributed by atoms with Gasteiger partial charge in [-0.25, -0.2) is 9.97 Å². The number of thiophene rings is 1. The first-order chi connectivity index (χ1) is 12.5. The number of hydrogen-bond acceptors (Lipinski definition) is 5. The summed E-state index contributed by atoms with van der Waals surface area (Å²) in [6.45, 7) is 5.97. The second-order valence-corrected chi connectivity index (χ2v) is 9.15. The summed E-state index contributed by atoms with van der Waals surface area (Å²) < 4.78 is 0. The van der Waals surface area contributed by atoms with Crippen molar-refractivity contribution in [2.24, 2.45) is 0 Å². The summed E-state index contributed by atoms with van der Waals surface area (Å²) in [6.07, 6.45) is 5.06. The Kier molecular flexibility index (Phi) is 4.71. The molecule has 4 rings (SSSR count). The molecule has 134 valence electrons. The molecule has 0 aliphatic heterocycles. The Labute approximate surface area is 161 Å². The van der Waals surface area contributed by atoms with Gasteiger partial charge in [-0.15, -0.1) is 11.3 Å². The van der Waals surface area contributed by atoms with E-state index in [1.54, 1.807) is 17.7 Å². The number of fused-ring (bicyclic) bond motifs is 3. The van der Waals surface area contributed by atoms with E-state index in [4.69, 9.17) is 0 Å². The number of rotatable bonds is 4. The maximum atomic E-state index is 12.8. The number of thioether (sulfide) groups is 1. The van der Waals surface area contributed by atoms with Crippen molar-refractivity contribution in [3.05, 3.63) is 46.1 Å². The van der Waals surface area contributed by atoms with E-state index in [1.165, 1.54) is 34.0 Å². The third kappa shape index (κ3) is 3.12. The summed E-state index contributed by atoms with van der Waals surface area (Å²) in [6, 6.07) is 6.04. The molecule has 0 saturated carbocycles. The van der Waals surface area contributed by atoms with Crippen LogP contribution in [0.25, 0.3) is 10.2 Å². The number of aromatic nitrogens is 2. The number of carbonyl (C=O) groups is 1. The molecule has 2 heterocycles. The maximum absolute atomic E-state index is 12.8. The summed E-state index contributed by atoms with van der Waals surface area (Å²) in [4.78, 5) is 24.2. The van der Waals surface area contributed by atoms with E-state index >= 15 is 0 Å². The second kappa shape index (κ2) is 7.00. The molecule has 0 bridgehead atoms. The van der Waals surface area contributed by atoms with E-state index < -0.39 is 0 Å². The summed E-state index contributed by atoms with van der Waals surface area (Å²) in [5.41, 5.74) is 4.47. The summed E-state index contributed by atoms with van der Waals surface area (Å²) in [7, 11) is 0. The number of carbonyl (C=O) groups excluding carboxylic acids is 1. The van der Waals surface area contributed by atoms with Gasteiger partial charge in [0.1, 0.15) is 16.2 Å². The molecule has 0 spiro atoms. The Bertz CT molecular complexity index is 976. The molecule has 1 aliphatic carbocycles. The Morgan fingerprint density at radius 1 is 1.23 bits per heavy atom. The predicted molar refractivity (Wildman–Crippen MR) is 109 cm³/mol. The lowest BCUT2D eigenvalue weighted by molar-refractivity contribution is -0.115. The molecular weight excluding hydrogens is 362 g/mol. The molecule has 2 aromatic heterocycles. The van der Waals surface area contributed by atoms with Gasteiger partial charge >= 0.3 is 0 Å². The van der Waals surface area contributed by atoms with Crippen LogP contribution < -0.4 is 5.32 Å². The van der Waals surface area contributed by atoms with Gasteiger partial charge in [-0.05, 0) is 56.7 Å². The Hall–Kier alpha value is -1.92. The molecule has 1 amide bonds. The molecule has 26 heavy (non-hydrogen) atoms. The third-order valence-corrected chi connectivity index (χ3v) is 7.15. The molecule has 1 atom stereocenters. The highest BCUT2D eigenvalue weighted by Crippen LogP contribution is 2.41. The second-order valence-electron chi connectivity index (χ2n) is 6.73. The van der Waals surface area contributed by atoms with Crippen molar-refractivity contribution >= 4 is 44.9 Å². The quantitative estimate of drug-likeness (QED) is 0.513. The van der Waals surface area contributed by atoms with Gasteiger partial charge in [-0.1, -0.05) is 30.0 Å². The molecule has 0 saturated heterocycles. The van der Waals surface area contributed by atoms with Crippen molar-refractivity contribution in [2.45, 2.75) is 50.3 Å². The molecule has 1 aliphatic rings. The van der Waals surface area contributed by atoms with Gasteiger partial charge in [-0.2, -0.15) is 0 Å². The fourth-order valence-electron chi connectivity index (χ4n) is 3.45. The lowest BCUT2D eigenvalue weighted by Gasteiger charge is -2.15. The molecule has 1 N–H and O–H groups in total. The van der Waals surface area contributed by atoms with E-state index in [1.807, 2.05) is 39.0 Å². The van der Waals surface area contributed by atoms with Crippen molar-refractivity contribution in [2.75, 3.05) is 5.32 Å². The standard InChI is InChI=1S/C20H21N3OS2/c1-11-6-4-7-12(2)17(11)23-18(24)13(3)25-19-16-14-8-5-9-15(14)26-20(16)22-10-21-19/h4,6-7,10,13H,5,8-9H2,1-3H3,(H,23,24)/t13-/m0/s1. The van der Waals surface area contributed by atoms with Crippen LogP contribution in [0.2, 0.25) is 0 Å². The van der Waals surface area contributed by atoms with Crippen molar-refractivity contribution in [3.8, 4) is 0 Å². The number of para-hydroxylation sites is 1. The zero-order valence-corrected chi connectivity index (χ0v) is 16.8. The zero-order chi connectivity index (χ0) is 18.3. The van der Waals surface area contributed by atoms with Gasteiger partial charge in [0.25, 0.3) is 0 Å². The van der Waals surface area contributed by atoms with Crippen molar-refractivity contribution < 1.29 is 4.79 Å². The van der Waals surface area contributed by atoms with Crippen LogP contribution >= 0.6 is 23.1 Å². The van der Waals surface area contributed by atoms with Crippen LogP contribution in [-0.2, 0) is 17.6 Å². The number of amides is 1. The van der Waals surface area contributed by atoms with E-state index in [9.17, 15) is 4.79 Å². The molecule has 1 aromatic carbocycles. The molecular formula is C20H21N3OS2. The van der Waals surface area contributed by atoms with E-state index in [-0.39, 0.29) is 11.2 Å². The van der Waals surface area contributed by atoms with Gasteiger partial charge in [0.2, 0.25) is 5.91 Å². The van der Waals surface area contributed by atoms with Crippen LogP contribution in [0, 0.1) is 13.8 Å². The average molecular weight is 384 g/mol. The zero-order valence-electron chi connectivity index (χ0n) is 15.1. The summed E-state index contributed by atoms with van der Waals surface area (Å²) >= 11 is 3.30. The van der Waals surface area contributed by atoms with Gasteiger partial charge in [0, 0.05) is 16.0 Å². The van der Waals surface area contributed by atoms with E-state index in [0.717, 1.165) is 39.5 Å². The maximum Gasteiger partial charge on any atom is 0.237 e. The molecule has 0 fully saturated rings. The lowest BCUT2D eigenvalue weighted by Crippen LogP contribution is -2.23. The predicted octanol–water partition coefficient (Wildman–Crippen LogP) is 4.92. The van der Waals surface area contributed by atoms with Crippen LogP contribution in [0.4, 0.5) is 5.69 Å². The normalized spacial score (nSPS) is 14.4. The molecule has 0 radical (unpaired) electrons. The smallest absolute Gasteiger partial charge is 0.237 e. The Balaban J connectivity index is 1.58.